The van der Waals surface area contributed by atoms with E-state index >= 15 is 0 Å². The third kappa shape index (κ3) is 3.51. The van der Waals surface area contributed by atoms with E-state index in [1.54, 1.807) is 6.07 Å². The molecule has 0 atom stereocenters. The van der Waals surface area contributed by atoms with Crippen molar-refractivity contribution in [2.45, 2.75) is 5.03 Å². The summed E-state index contributed by atoms with van der Waals surface area (Å²) in [6.45, 7) is 0. The Balaban J connectivity index is 1.71. The number of carbonyl (C=O) groups excluding carboxylic acids is 1. The van der Waals surface area contributed by atoms with Crippen LogP contribution in [0.15, 0.2) is 59.6 Å². The van der Waals surface area contributed by atoms with Gasteiger partial charge in [-0.1, -0.05) is 36.0 Å². The molecule has 3 aromatic rings. The highest BCUT2D eigenvalue weighted by Crippen LogP contribution is 2.22. The van der Waals surface area contributed by atoms with E-state index in [-0.39, 0.29) is 17.3 Å². The number of nitrogens with zero attached hydrogens (tertiary/aromatic N) is 1. The van der Waals surface area contributed by atoms with Crippen molar-refractivity contribution in [2.75, 3.05) is 12.9 Å². The van der Waals surface area contributed by atoms with Gasteiger partial charge < -0.3 is 4.74 Å². The van der Waals surface area contributed by atoms with Gasteiger partial charge in [-0.3, -0.25) is 4.79 Å². The fourth-order valence-electron chi connectivity index (χ4n) is 2.19. The fraction of sp³-hybridized carbons (Fsp3) is 0.111. The van der Waals surface area contributed by atoms with E-state index in [0.29, 0.717) is 5.56 Å². The average Bonchev–Trinajstić information content (AvgIpc) is 2.59. The smallest absolute Gasteiger partial charge is 0.173 e. The summed E-state index contributed by atoms with van der Waals surface area (Å²) in [4.78, 5) is 16.7. The highest BCUT2D eigenvalue weighted by atomic mass is 32.2. The molecule has 0 aliphatic carbocycles. The maximum absolute atomic E-state index is 13.7. The van der Waals surface area contributed by atoms with Crippen molar-refractivity contribution in [1.82, 2.24) is 4.98 Å². The maximum atomic E-state index is 13.7. The zero-order valence-electron chi connectivity index (χ0n) is 12.5. The van der Waals surface area contributed by atoms with E-state index < -0.39 is 5.82 Å². The summed E-state index contributed by atoms with van der Waals surface area (Å²) in [5.41, 5.74) is 1.22. The number of hydrogen-bond donors (Lipinski definition) is 0. The number of hydrogen-bond acceptors (Lipinski definition) is 4. The first kappa shape index (κ1) is 15.5. The van der Waals surface area contributed by atoms with E-state index in [0.717, 1.165) is 15.9 Å². The van der Waals surface area contributed by atoms with E-state index in [2.05, 4.69) is 4.98 Å². The Morgan fingerprint density at radius 1 is 1.17 bits per heavy atom. The zero-order valence-corrected chi connectivity index (χ0v) is 13.3. The van der Waals surface area contributed by atoms with E-state index in [1.165, 1.54) is 31.0 Å². The van der Waals surface area contributed by atoms with Gasteiger partial charge in [0.05, 0.1) is 23.4 Å². The quantitative estimate of drug-likeness (QED) is 0.516. The first-order valence-electron chi connectivity index (χ1n) is 7.03. The second-order valence-electron chi connectivity index (χ2n) is 4.90. The highest BCUT2D eigenvalue weighted by molar-refractivity contribution is 7.99. The lowest BCUT2D eigenvalue weighted by atomic mass is 10.1. The van der Waals surface area contributed by atoms with Gasteiger partial charge in [0.2, 0.25) is 0 Å². The number of ether oxygens (including phenoxy) is 1. The normalized spacial score (nSPS) is 10.7. The molecule has 0 bridgehead atoms. The largest absolute Gasteiger partial charge is 0.494 e. The average molecular weight is 327 g/mol. The van der Waals surface area contributed by atoms with Gasteiger partial charge in [-0.25, -0.2) is 9.37 Å². The minimum atomic E-state index is -0.535. The molecule has 0 spiro atoms. The van der Waals surface area contributed by atoms with Crippen LogP contribution < -0.4 is 4.74 Å². The van der Waals surface area contributed by atoms with Gasteiger partial charge in [-0.05, 0) is 30.3 Å². The number of benzene rings is 2. The monoisotopic (exact) mass is 327 g/mol. The molecule has 0 aliphatic heterocycles. The number of pyridine rings is 1. The Hall–Kier alpha value is -2.40. The molecule has 0 aliphatic rings. The molecule has 0 amide bonds. The number of thioether (sulfide) groups is 1. The lowest BCUT2D eigenvalue weighted by Crippen LogP contribution is -2.03. The second kappa shape index (κ2) is 6.79. The molecule has 3 nitrogen and oxygen atoms in total. The Bertz CT molecular complexity index is 867. The van der Waals surface area contributed by atoms with Crippen molar-refractivity contribution >= 4 is 28.4 Å². The zero-order chi connectivity index (χ0) is 16.2. The molecule has 1 aromatic heterocycles. The van der Waals surface area contributed by atoms with Crippen LogP contribution in [-0.4, -0.2) is 23.6 Å². The lowest BCUT2D eigenvalue weighted by molar-refractivity contribution is 0.102. The molecule has 0 saturated carbocycles. The summed E-state index contributed by atoms with van der Waals surface area (Å²) in [6.07, 6.45) is 0. The first-order chi connectivity index (χ1) is 11.2. The third-order valence-electron chi connectivity index (χ3n) is 3.40. The Morgan fingerprint density at radius 3 is 2.78 bits per heavy atom. The molecule has 0 radical (unpaired) electrons. The molecule has 2 aromatic carbocycles. The van der Waals surface area contributed by atoms with Crippen LogP contribution in [0.1, 0.15) is 10.4 Å². The van der Waals surface area contributed by atoms with Gasteiger partial charge in [-0.2, -0.15) is 0 Å². The molecule has 0 fully saturated rings. The van der Waals surface area contributed by atoms with Crippen LogP contribution in [0.2, 0.25) is 0 Å². The van der Waals surface area contributed by atoms with Crippen LogP contribution in [0, 0.1) is 5.82 Å². The van der Waals surface area contributed by atoms with Gasteiger partial charge in [0.25, 0.3) is 0 Å². The maximum Gasteiger partial charge on any atom is 0.173 e. The molecule has 23 heavy (non-hydrogen) atoms. The number of rotatable bonds is 5. The fourth-order valence-corrected chi connectivity index (χ4v) is 2.96. The summed E-state index contributed by atoms with van der Waals surface area (Å²) in [7, 11) is 1.39. The molecule has 0 unspecified atom stereocenters. The van der Waals surface area contributed by atoms with Crippen molar-refractivity contribution < 1.29 is 13.9 Å². The van der Waals surface area contributed by atoms with Gasteiger partial charge in [0.15, 0.2) is 17.3 Å². The minimum absolute atomic E-state index is 0.130. The number of ketones is 1. The lowest BCUT2D eigenvalue weighted by Gasteiger charge is -2.05. The van der Waals surface area contributed by atoms with Gasteiger partial charge in [0, 0.05) is 10.9 Å². The van der Waals surface area contributed by atoms with Crippen molar-refractivity contribution in [2.24, 2.45) is 0 Å². The Kier molecular flexibility index (Phi) is 4.57. The predicted octanol–water partition coefficient (Wildman–Crippen LogP) is 4.36. The van der Waals surface area contributed by atoms with E-state index in [4.69, 9.17) is 4.74 Å². The van der Waals surface area contributed by atoms with Crippen LogP contribution in [0.4, 0.5) is 4.39 Å². The standard InChI is InChI=1S/C18H14FNO2S/c1-22-17-8-6-13(10-14(17)19)16(21)11-23-18-9-7-12-4-2-3-5-15(12)20-18/h2-10H,11H2,1H3. The molecule has 116 valence electrons. The van der Waals surface area contributed by atoms with E-state index in [1.807, 2.05) is 36.4 Å². The molecule has 0 N–H and O–H groups in total. The molecular formula is C18H14FNO2S. The topological polar surface area (TPSA) is 39.2 Å². The van der Waals surface area contributed by atoms with Crippen molar-refractivity contribution in [3.8, 4) is 5.75 Å². The van der Waals surface area contributed by atoms with Gasteiger partial charge >= 0.3 is 0 Å². The number of carbonyl (C=O) groups is 1. The van der Waals surface area contributed by atoms with Gasteiger partial charge in [0.1, 0.15) is 0 Å². The number of halogens is 1. The molecule has 3 rings (SSSR count). The number of para-hydroxylation sites is 1. The second-order valence-corrected chi connectivity index (χ2v) is 5.90. The van der Waals surface area contributed by atoms with Crippen molar-refractivity contribution in [3.63, 3.8) is 0 Å². The van der Waals surface area contributed by atoms with Crippen molar-refractivity contribution in [1.29, 1.82) is 0 Å². The summed E-state index contributed by atoms with van der Waals surface area (Å²) >= 11 is 1.34. The van der Waals surface area contributed by atoms with E-state index in [9.17, 15) is 9.18 Å². The van der Waals surface area contributed by atoms with Crippen LogP contribution in [0.25, 0.3) is 10.9 Å². The summed E-state index contributed by atoms with van der Waals surface area (Å²) in [6, 6.07) is 15.9. The molecular weight excluding hydrogens is 313 g/mol. The Morgan fingerprint density at radius 2 is 2.00 bits per heavy atom. The molecule has 0 saturated heterocycles. The number of aromatic nitrogens is 1. The van der Waals surface area contributed by atoms with Crippen LogP contribution in [0.3, 0.4) is 0 Å². The molecule has 1 heterocycles. The van der Waals surface area contributed by atoms with Crippen LogP contribution in [-0.2, 0) is 0 Å². The summed E-state index contributed by atoms with van der Waals surface area (Å²) in [5.74, 6) is -0.346. The summed E-state index contributed by atoms with van der Waals surface area (Å²) in [5, 5.41) is 1.83. The number of methoxy groups -OCH3 is 1. The van der Waals surface area contributed by atoms with Crippen LogP contribution in [0.5, 0.6) is 5.75 Å². The third-order valence-corrected chi connectivity index (χ3v) is 4.33. The van der Waals surface area contributed by atoms with Gasteiger partial charge in [-0.15, -0.1) is 0 Å². The first-order valence-corrected chi connectivity index (χ1v) is 8.01. The number of fused-ring (bicyclic) bond motifs is 1. The number of Topliss-reactive ketones (excluding diaryl/α,β-unsaturated/α-hetero) is 1. The summed E-state index contributed by atoms with van der Waals surface area (Å²) < 4.78 is 18.5. The van der Waals surface area contributed by atoms with Crippen LogP contribution >= 0.6 is 11.8 Å². The van der Waals surface area contributed by atoms with Crippen molar-refractivity contribution in [3.05, 3.63) is 66.0 Å². The SMILES string of the molecule is COc1ccc(C(=O)CSc2ccc3ccccc3n2)cc1F. The minimum Gasteiger partial charge on any atom is -0.494 e. The predicted molar refractivity (Wildman–Crippen MR) is 89.7 cm³/mol. The Labute approximate surface area is 137 Å². The molecule has 5 heteroatoms. The highest BCUT2D eigenvalue weighted by Gasteiger charge is 2.11.